The molecule has 3 aromatic rings. The Bertz CT molecular complexity index is 1370. The first-order valence-corrected chi connectivity index (χ1v) is 11.2. The number of rotatable bonds is 4. The van der Waals surface area contributed by atoms with Gasteiger partial charge in [-0.15, -0.1) is 0 Å². The largest absolute Gasteiger partial charge is 0.463 e. The van der Waals surface area contributed by atoms with E-state index in [0.29, 0.717) is 30.6 Å². The number of hydrogen-bond acceptors (Lipinski definition) is 5. The SMILES string of the molecule is CCOC(=O)C1=C(C)N=c2sc(=Cc3ccccc3Cl)c(=O)n2[C@H]1c1ccc(Cl)cc1. The Balaban J connectivity index is 1.97. The second-order valence-electron chi connectivity index (χ2n) is 6.88. The fourth-order valence-electron chi connectivity index (χ4n) is 3.49. The number of carbonyl (C=O) groups excluding carboxylic acids is 1. The quantitative estimate of drug-likeness (QED) is 0.536. The van der Waals surface area contributed by atoms with Crippen molar-refractivity contribution in [1.29, 1.82) is 0 Å². The molecule has 2 aromatic carbocycles. The van der Waals surface area contributed by atoms with Crippen molar-refractivity contribution >= 4 is 46.6 Å². The van der Waals surface area contributed by atoms with Crippen molar-refractivity contribution < 1.29 is 9.53 Å². The lowest BCUT2D eigenvalue weighted by Crippen LogP contribution is -2.39. The maximum atomic E-state index is 13.5. The van der Waals surface area contributed by atoms with Crippen LogP contribution >= 0.6 is 34.5 Å². The van der Waals surface area contributed by atoms with E-state index in [1.54, 1.807) is 50.3 Å². The number of halogens is 2. The first-order valence-electron chi connectivity index (χ1n) is 9.60. The molecule has 2 heterocycles. The van der Waals surface area contributed by atoms with Crippen LogP contribution in [0.25, 0.3) is 6.08 Å². The smallest absolute Gasteiger partial charge is 0.338 e. The van der Waals surface area contributed by atoms with Gasteiger partial charge < -0.3 is 4.74 Å². The molecule has 0 saturated heterocycles. The van der Waals surface area contributed by atoms with Crippen LogP contribution < -0.4 is 14.9 Å². The van der Waals surface area contributed by atoms with E-state index in [9.17, 15) is 9.59 Å². The molecule has 0 N–H and O–H groups in total. The van der Waals surface area contributed by atoms with E-state index in [2.05, 4.69) is 4.99 Å². The average molecular weight is 473 g/mol. The van der Waals surface area contributed by atoms with Crippen molar-refractivity contribution in [1.82, 2.24) is 4.57 Å². The number of nitrogens with zero attached hydrogens (tertiary/aromatic N) is 2. The van der Waals surface area contributed by atoms with E-state index in [4.69, 9.17) is 27.9 Å². The fraction of sp³-hybridized carbons (Fsp3) is 0.174. The fourth-order valence-corrected chi connectivity index (χ4v) is 4.84. The van der Waals surface area contributed by atoms with Crippen LogP contribution in [0.2, 0.25) is 10.0 Å². The normalized spacial score (nSPS) is 16.1. The Morgan fingerprint density at radius 3 is 2.58 bits per heavy atom. The molecule has 0 aliphatic carbocycles. The third-order valence-corrected chi connectivity index (χ3v) is 6.47. The monoisotopic (exact) mass is 472 g/mol. The Kier molecular flexibility index (Phi) is 6.14. The van der Waals surface area contributed by atoms with Crippen molar-refractivity contribution in [2.75, 3.05) is 6.61 Å². The van der Waals surface area contributed by atoms with Gasteiger partial charge in [0.25, 0.3) is 5.56 Å². The highest BCUT2D eigenvalue weighted by Crippen LogP contribution is 2.31. The summed E-state index contributed by atoms with van der Waals surface area (Å²) in [4.78, 5) is 31.3. The summed E-state index contributed by atoms with van der Waals surface area (Å²) < 4.78 is 7.29. The number of fused-ring (bicyclic) bond motifs is 1. The van der Waals surface area contributed by atoms with Gasteiger partial charge in [-0.25, -0.2) is 9.79 Å². The first kappa shape index (κ1) is 21.6. The minimum atomic E-state index is -0.666. The Hall–Kier alpha value is -2.67. The van der Waals surface area contributed by atoms with Gasteiger partial charge in [0.15, 0.2) is 4.80 Å². The van der Waals surface area contributed by atoms with E-state index >= 15 is 0 Å². The molecular weight excluding hydrogens is 455 g/mol. The first-order chi connectivity index (χ1) is 14.9. The van der Waals surface area contributed by atoms with Gasteiger partial charge in [-0.1, -0.05) is 64.9 Å². The standard InChI is InChI=1S/C23H18Cl2N2O3S/c1-3-30-22(29)19-13(2)26-23-27(20(19)14-8-10-16(24)11-9-14)21(28)18(31-23)12-15-6-4-5-7-17(15)25/h4-12,20H,3H2,1-2H3/t20-/m0/s1. The van der Waals surface area contributed by atoms with Gasteiger partial charge >= 0.3 is 5.97 Å². The number of thiazole rings is 1. The molecule has 0 unspecified atom stereocenters. The van der Waals surface area contributed by atoms with Crippen LogP contribution in [-0.4, -0.2) is 17.1 Å². The Labute approximate surface area is 192 Å². The van der Waals surface area contributed by atoms with Crippen LogP contribution in [0.1, 0.15) is 31.0 Å². The van der Waals surface area contributed by atoms with E-state index in [1.807, 2.05) is 18.2 Å². The third-order valence-electron chi connectivity index (χ3n) is 4.89. The number of allylic oxidation sites excluding steroid dienone is 1. The third kappa shape index (κ3) is 4.11. The number of hydrogen-bond donors (Lipinski definition) is 0. The summed E-state index contributed by atoms with van der Waals surface area (Å²) in [6.07, 6.45) is 1.74. The predicted molar refractivity (Wildman–Crippen MR) is 123 cm³/mol. The average Bonchev–Trinajstić information content (AvgIpc) is 3.04. The van der Waals surface area contributed by atoms with E-state index in [1.165, 1.54) is 15.9 Å². The van der Waals surface area contributed by atoms with Crippen LogP contribution in [0.4, 0.5) is 0 Å². The summed E-state index contributed by atoms with van der Waals surface area (Å²) in [5, 5.41) is 1.11. The second kappa shape index (κ2) is 8.83. The second-order valence-corrected chi connectivity index (χ2v) is 8.73. The zero-order valence-electron chi connectivity index (χ0n) is 16.8. The molecule has 1 aliphatic rings. The Morgan fingerprint density at radius 1 is 1.19 bits per heavy atom. The van der Waals surface area contributed by atoms with Crippen LogP contribution in [0.15, 0.2) is 69.6 Å². The molecule has 0 spiro atoms. The molecule has 0 radical (unpaired) electrons. The van der Waals surface area contributed by atoms with Gasteiger partial charge in [-0.05, 0) is 49.2 Å². The van der Waals surface area contributed by atoms with Crippen LogP contribution in [0, 0.1) is 0 Å². The molecule has 31 heavy (non-hydrogen) atoms. The molecule has 0 bridgehead atoms. The zero-order chi connectivity index (χ0) is 22.1. The highest BCUT2D eigenvalue weighted by molar-refractivity contribution is 7.07. The van der Waals surface area contributed by atoms with Crippen molar-refractivity contribution in [3.8, 4) is 0 Å². The molecule has 5 nitrogen and oxygen atoms in total. The van der Waals surface area contributed by atoms with Gasteiger partial charge in [0.1, 0.15) is 0 Å². The van der Waals surface area contributed by atoms with Crippen molar-refractivity contribution in [2.24, 2.45) is 4.99 Å². The molecule has 0 amide bonds. The molecule has 0 fully saturated rings. The molecule has 1 aromatic heterocycles. The molecule has 1 aliphatic heterocycles. The molecule has 0 saturated carbocycles. The topological polar surface area (TPSA) is 60.7 Å². The summed E-state index contributed by atoms with van der Waals surface area (Å²) in [6, 6.07) is 13.7. The molecule has 8 heteroatoms. The number of esters is 1. The van der Waals surface area contributed by atoms with Gasteiger partial charge in [-0.2, -0.15) is 0 Å². The van der Waals surface area contributed by atoms with E-state index in [-0.39, 0.29) is 12.2 Å². The Morgan fingerprint density at radius 2 is 1.90 bits per heavy atom. The molecule has 1 atom stereocenters. The summed E-state index contributed by atoms with van der Waals surface area (Å²) in [5.74, 6) is -0.496. The van der Waals surface area contributed by atoms with Gasteiger partial charge in [0, 0.05) is 10.0 Å². The lowest BCUT2D eigenvalue weighted by atomic mass is 9.96. The zero-order valence-corrected chi connectivity index (χ0v) is 19.1. The van der Waals surface area contributed by atoms with E-state index < -0.39 is 12.0 Å². The summed E-state index contributed by atoms with van der Waals surface area (Å²) in [7, 11) is 0. The van der Waals surface area contributed by atoms with Crippen LogP contribution in [0.3, 0.4) is 0 Å². The van der Waals surface area contributed by atoms with Gasteiger partial charge in [-0.3, -0.25) is 9.36 Å². The van der Waals surface area contributed by atoms with Gasteiger partial charge in [0.05, 0.1) is 28.5 Å². The number of ether oxygens (including phenoxy) is 1. The molecular formula is C23H18Cl2N2O3S. The lowest BCUT2D eigenvalue weighted by molar-refractivity contribution is -0.139. The van der Waals surface area contributed by atoms with E-state index in [0.717, 1.165) is 11.1 Å². The van der Waals surface area contributed by atoms with Crippen molar-refractivity contribution in [3.05, 3.63) is 101 Å². The minimum Gasteiger partial charge on any atom is -0.463 e. The highest BCUT2D eigenvalue weighted by atomic mass is 35.5. The van der Waals surface area contributed by atoms with Crippen molar-refractivity contribution in [2.45, 2.75) is 19.9 Å². The van der Waals surface area contributed by atoms with Crippen molar-refractivity contribution in [3.63, 3.8) is 0 Å². The number of carbonyl (C=O) groups is 1. The summed E-state index contributed by atoms with van der Waals surface area (Å²) in [6.45, 7) is 3.71. The van der Waals surface area contributed by atoms with Crippen LogP contribution in [0.5, 0.6) is 0 Å². The maximum Gasteiger partial charge on any atom is 0.338 e. The lowest BCUT2D eigenvalue weighted by Gasteiger charge is -2.24. The number of benzene rings is 2. The van der Waals surface area contributed by atoms with Gasteiger partial charge in [0.2, 0.25) is 0 Å². The number of aromatic nitrogens is 1. The minimum absolute atomic E-state index is 0.222. The highest BCUT2D eigenvalue weighted by Gasteiger charge is 2.33. The van der Waals surface area contributed by atoms with Crippen LogP contribution in [-0.2, 0) is 9.53 Å². The predicted octanol–water partition coefficient (Wildman–Crippen LogP) is 4.11. The molecule has 4 rings (SSSR count). The summed E-state index contributed by atoms with van der Waals surface area (Å²) >= 11 is 13.6. The summed E-state index contributed by atoms with van der Waals surface area (Å²) in [5.41, 5.74) is 2.08. The maximum absolute atomic E-state index is 13.5. The molecule has 158 valence electrons.